The summed E-state index contributed by atoms with van der Waals surface area (Å²) in [6, 6.07) is 30.0. The summed E-state index contributed by atoms with van der Waals surface area (Å²) >= 11 is 1.72. The van der Waals surface area contributed by atoms with Gasteiger partial charge in [0, 0.05) is 5.41 Å². The Bertz CT molecular complexity index is 1320. The van der Waals surface area contributed by atoms with Crippen LogP contribution in [0.3, 0.4) is 0 Å². The molecule has 4 heteroatoms. The fraction of sp³-hybridized carbons (Fsp3) is 0.167. The van der Waals surface area contributed by atoms with Crippen molar-refractivity contribution in [3.63, 3.8) is 0 Å². The highest BCUT2D eigenvalue weighted by Gasteiger charge is 2.40. The monoisotopic (exact) mass is 462 g/mol. The van der Waals surface area contributed by atoms with E-state index in [1.807, 2.05) is 12.1 Å². The molecular weight excluding hydrogens is 436 g/mol. The third-order valence-electron chi connectivity index (χ3n) is 6.68. The first-order chi connectivity index (χ1) is 16.8. The van der Waals surface area contributed by atoms with E-state index in [0.29, 0.717) is 0 Å². The van der Waals surface area contributed by atoms with E-state index in [9.17, 15) is 0 Å². The maximum absolute atomic E-state index is 5.38. The van der Waals surface area contributed by atoms with Gasteiger partial charge in [-0.15, -0.1) is 0 Å². The molecule has 0 spiro atoms. The van der Waals surface area contributed by atoms with Gasteiger partial charge in [-0.05, 0) is 77.4 Å². The quantitative estimate of drug-likeness (QED) is 0.398. The highest BCUT2D eigenvalue weighted by atomic mass is 32.2. The summed E-state index contributed by atoms with van der Waals surface area (Å²) in [5.41, 5.74) is 8.88. The summed E-state index contributed by atoms with van der Waals surface area (Å²) in [7, 11) is 1.71. The van der Waals surface area contributed by atoms with Crippen LogP contribution in [-0.2, 0) is 0 Å². The van der Waals surface area contributed by atoms with Crippen LogP contribution in [0.5, 0.6) is 5.75 Å². The van der Waals surface area contributed by atoms with Crippen molar-refractivity contribution >= 4 is 28.7 Å². The molecule has 168 valence electrons. The molecule has 3 aromatic carbocycles. The van der Waals surface area contributed by atoms with Gasteiger partial charge in [0.2, 0.25) is 0 Å². The molecule has 0 aromatic heterocycles. The second kappa shape index (κ2) is 9.03. The van der Waals surface area contributed by atoms with Gasteiger partial charge in [-0.3, -0.25) is 0 Å². The molecule has 0 fully saturated rings. The van der Waals surface area contributed by atoms with Gasteiger partial charge in [0.1, 0.15) is 5.75 Å². The maximum atomic E-state index is 5.38. The predicted molar refractivity (Wildman–Crippen MR) is 142 cm³/mol. The average Bonchev–Trinajstić information content (AvgIpc) is 3.32. The number of nitrogens with zero attached hydrogens (tertiary/aromatic N) is 2. The van der Waals surface area contributed by atoms with E-state index >= 15 is 0 Å². The van der Waals surface area contributed by atoms with Gasteiger partial charge < -0.3 is 9.64 Å². The van der Waals surface area contributed by atoms with E-state index in [2.05, 4.69) is 89.2 Å². The van der Waals surface area contributed by atoms with Crippen molar-refractivity contribution in [3.8, 4) is 5.75 Å². The van der Waals surface area contributed by atoms with Crippen LogP contribution in [-0.4, -0.2) is 17.2 Å². The normalized spacial score (nSPS) is 20.6. The second-order valence-corrected chi connectivity index (χ2v) is 9.57. The minimum Gasteiger partial charge on any atom is -0.497 e. The molecule has 0 amide bonds. The minimum atomic E-state index is 0.145. The molecule has 3 nitrogen and oxygen atoms in total. The van der Waals surface area contributed by atoms with Gasteiger partial charge >= 0.3 is 0 Å². The highest BCUT2D eigenvalue weighted by molar-refractivity contribution is 8.16. The molecule has 0 N–H and O–H groups in total. The van der Waals surface area contributed by atoms with Crippen LogP contribution in [0.15, 0.2) is 112 Å². The highest BCUT2D eigenvalue weighted by Crippen LogP contribution is 2.51. The SMILES string of the molecule is COc1ccc(C2=CSC3=NC4=C(CCC/C4=C\c4ccccc4)[C@@H](c4ccccc4)N23)cc1. The number of rotatable bonds is 4. The zero-order valence-electron chi connectivity index (χ0n) is 19.1. The van der Waals surface area contributed by atoms with E-state index in [4.69, 9.17) is 9.73 Å². The Kier molecular flexibility index (Phi) is 5.60. The molecule has 3 aromatic rings. The van der Waals surface area contributed by atoms with Crippen LogP contribution in [0.1, 0.15) is 42.0 Å². The lowest BCUT2D eigenvalue weighted by atomic mass is 9.83. The number of benzene rings is 3. The molecule has 6 rings (SSSR count). The minimum absolute atomic E-state index is 0.145. The molecule has 1 atom stereocenters. The topological polar surface area (TPSA) is 24.8 Å². The van der Waals surface area contributed by atoms with Crippen LogP contribution >= 0.6 is 11.8 Å². The molecule has 34 heavy (non-hydrogen) atoms. The van der Waals surface area contributed by atoms with Gasteiger partial charge in [0.25, 0.3) is 0 Å². The number of methoxy groups -OCH3 is 1. The first-order valence-corrected chi connectivity index (χ1v) is 12.6. The summed E-state index contributed by atoms with van der Waals surface area (Å²) in [5, 5.41) is 3.30. The van der Waals surface area contributed by atoms with Gasteiger partial charge in [0.15, 0.2) is 5.17 Å². The van der Waals surface area contributed by atoms with Crippen molar-refractivity contribution in [1.29, 1.82) is 0 Å². The van der Waals surface area contributed by atoms with Crippen LogP contribution in [0.2, 0.25) is 0 Å². The molecule has 3 aliphatic rings. The fourth-order valence-electron chi connectivity index (χ4n) is 5.07. The predicted octanol–water partition coefficient (Wildman–Crippen LogP) is 7.67. The number of aliphatic imine (C=N–C) groups is 1. The van der Waals surface area contributed by atoms with E-state index in [1.165, 1.54) is 39.2 Å². The van der Waals surface area contributed by atoms with Crippen molar-refractivity contribution in [2.24, 2.45) is 4.99 Å². The molecule has 0 bridgehead atoms. The summed E-state index contributed by atoms with van der Waals surface area (Å²) in [6.07, 6.45) is 5.60. The standard InChI is InChI=1S/C30H26N2OS/c1-33-25-17-15-22(16-18-25)27-20-34-30-31-28-24(19-21-9-4-2-5-10-21)13-8-14-26(28)29(32(27)30)23-11-6-3-7-12-23/h2-7,9-12,15-20,29H,8,13-14H2,1H3/b24-19+/t29-/m1/s1. The zero-order valence-corrected chi connectivity index (χ0v) is 20.0. The molecule has 0 saturated heterocycles. The lowest BCUT2D eigenvalue weighted by molar-refractivity contribution is 0.414. The molecule has 2 aliphatic heterocycles. The van der Waals surface area contributed by atoms with Crippen LogP contribution in [0, 0.1) is 0 Å². The van der Waals surface area contributed by atoms with Gasteiger partial charge in [-0.25, -0.2) is 4.99 Å². The van der Waals surface area contributed by atoms with Gasteiger partial charge in [-0.2, -0.15) is 0 Å². The van der Waals surface area contributed by atoms with Crippen LogP contribution in [0.25, 0.3) is 11.8 Å². The lowest BCUT2D eigenvalue weighted by Gasteiger charge is -2.40. The fourth-order valence-corrected chi connectivity index (χ4v) is 6.00. The van der Waals surface area contributed by atoms with Crippen molar-refractivity contribution in [3.05, 3.63) is 124 Å². The molecule has 0 unspecified atom stereocenters. The number of fused-ring (bicyclic) bond motifs is 1. The van der Waals surface area contributed by atoms with Crippen LogP contribution in [0.4, 0.5) is 0 Å². The molecule has 0 saturated carbocycles. The Balaban J connectivity index is 1.47. The summed E-state index contributed by atoms with van der Waals surface area (Å²) in [4.78, 5) is 7.71. The summed E-state index contributed by atoms with van der Waals surface area (Å²) in [6.45, 7) is 0. The molecule has 1 aliphatic carbocycles. The molecular formula is C30H26N2OS. The number of thioether (sulfide) groups is 1. The summed E-state index contributed by atoms with van der Waals surface area (Å²) in [5.74, 6) is 0.870. The first kappa shape index (κ1) is 21.1. The van der Waals surface area contributed by atoms with Crippen molar-refractivity contribution in [1.82, 2.24) is 4.90 Å². The number of amidine groups is 1. The van der Waals surface area contributed by atoms with E-state index < -0.39 is 0 Å². The van der Waals surface area contributed by atoms with Gasteiger partial charge in [0.05, 0.1) is 24.5 Å². The van der Waals surface area contributed by atoms with E-state index in [0.717, 1.165) is 30.2 Å². The first-order valence-electron chi connectivity index (χ1n) is 11.7. The molecule has 0 radical (unpaired) electrons. The Labute approximate surface area is 205 Å². The Hall–Kier alpha value is -3.50. The van der Waals surface area contributed by atoms with Crippen molar-refractivity contribution < 1.29 is 4.74 Å². The number of allylic oxidation sites excluding steroid dienone is 1. The lowest BCUT2D eigenvalue weighted by Crippen LogP contribution is -2.34. The van der Waals surface area contributed by atoms with E-state index in [-0.39, 0.29) is 6.04 Å². The number of hydrogen-bond acceptors (Lipinski definition) is 4. The van der Waals surface area contributed by atoms with E-state index in [1.54, 1.807) is 18.9 Å². The largest absolute Gasteiger partial charge is 0.497 e. The number of ether oxygens (including phenoxy) is 1. The van der Waals surface area contributed by atoms with Crippen molar-refractivity contribution in [2.45, 2.75) is 25.3 Å². The van der Waals surface area contributed by atoms with Gasteiger partial charge in [-0.1, -0.05) is 72.4 Å². The molecule has 2 heterocycles. The Morgan fingerprint density at radius 1 is 0.912 bits per heavy atom. The Morgan fingerprint density at radius 3 is 2.38 bits per heavy atom. The zero-order chi connectivity index (χ0) is 22.9. The average molecular weight is 463 g/mol. The number of hydrogen-bond donors (Lipinski definition) is 0. The smallest absolute Gasteiger partial charge is 0.174 e. The Morgan fingerprint density at radius 2 is 1.65 bits per heavy atom. The maximum Gasteiger partial charge on any atom is 0.174 e. The van der Waals surface area contributed by atoms with Crippen LogP contribution < -0.4 is 4.74 Å². The third kappa shape index (κ3) is 3.78. The third-order valence-corrected chi connectivity index (χ3v) is 7.52. The second-order valence-electron chi connectivity index (χ2n) is 8.73. The summed E-state index contributed by atoms with van der Waals surface area (Å²) < 4.78 is 5.38. The van der Waals surface area contributed by atoms with Crippen molar-refractivity contribution in [2.75, 3.05) is 7.11 Å².